The van der Waals surface area contributed by atoms with Gasteiger partial charge in [-0.3, -0.25) is 0 Å². The molecule has 0 bridgehead atoms. The average molecular weight is 415 g/mol. The fraction of sp³-hybridized carbons (Fsp3) is 0.333. The zero-order valence-corrected chi connectivity index (χ0v) is 16.6. The smallest absolute Gasteiger partial charge is 0.408 e. The quantitative estimate of drug-likeness (QED) is 0.776. The molecule has 1 fully saturated rings. The van der Waals surface area contributed by atoms with Crippen molar-refractivity contribution in [2.24, 2.45) is 5.92 Å². The number of carbonyl (C=O) groups excluding carboxylic acids is 1. The maximum Gasteiger partial charge on any atom is 0.408 e. The molecule has 7 nitrogen and oxygen atoms in total. The number of amides is 1. The van der Waals surface area contributed by atoms with E-state index in [1.54, 1.807) is 0 Å². The summed E-state index contributed by atoms with van der Waals surface area (Å²) in [6, 6.07) is 15.8. The van der Waals surface area contributed by atoms with Crippen molar-refractivity contribution in [3.05, 3.63) is 59.7 Å². The highest BCUT2D eigenvalue weighted by Gasteiger charge is 2.52. The van der Waals surface area contributed by atoms with Gasteiger partial charge in [0.25, 0.3) is 0 Å². The van der Waals surface area contributed by atoms with Crippen LogP contribution >= 0.6 is 0 Å². The first kappa shape index (κ1) is 19.4. The van der Waals surface area contributed by atoms with E-state index in [1.165, 1.54) is 6.92 Å². The predicted molar refractivity (Wildman–Crippen MR) is 106 cm³/mol. The lowest BCUT2D eigenvalue weighted by Gasteiger charge is -2.39. The van der Waals surface area contributed by atoms with Crippen molar-refractivity contribution in [2.75, 3.05) is 18.1 Å². The number of carbonyl (C=O) groups is 2. The third kappa shape index (κ3) is 3.37. The van der Waals surface area contributed by atoms with Gasteiger partial charge in [-0.25, -0.2) is 18.0 Å². The summed E-state index contributed by atoms with van der Waals surface area (Å²) in [4.78, 5) is 24.1. The summed E-state index contributed by atoms with van der Waals surface area (Å²) in [5.74, 6) is -2.65. The first-order chi connectivity index (χ1) is 13.7. The van der Waals surface area contributed by atoms with E-state index in [-0.39, 0.29) is 24.0 Å². The maximum atomic E-state index is 12.4. The molecule has 4 rings (SSSR count). The number of carboxylic acids is 1. The number of alkyl carbamates (subject to hydrolysis) is 1. The van der Waals surface area contributed by atoms with Gasteiger partial charge in [0, 0.05) is 11.8 Å². The number of nitrogens with one attached hydrogen (secondary N) is 1. The Morgan fingerprint density at radius 1 is 1.07 bits per heavy atom. The highest BCUT2D eigenvalue weighted by Crippen LogP contribution is 2.44. The molecular formula is C21H21NO6S. The van der Waals surface area contributed by atoms with Gasteiger partial charge in [-0.15, -0.1) is 0 Å². The fourth-order valence-corrected chi connectivity index (χ4v) is 5.87. The molecule has 2 aromatic rings. The van der Waals surface area contributed by atoms with Crippen molar-refractivity contribution in [1.82, 2.24) is 5.32 Å². The standard InChI is InChI=1S/C21H21NO6S/c1-21(19(23)24,13-11-29(26,27)12-13)22-20(25)28-10-18-16-8-4-2-6-14(16)15-7-3-5-9-17(15)18/h2-9,13,18H,10-12H2,1H3,(H,22,25)(H,23,24). The van der Waals surface area contributed by atoms with Gasteiger partial charge in [0.15, 0.2) is 9.84 Å². The van der Waals surface area contributed by atoms with Crippen molar-refractivity contribution in [3.8, 4) is 11.1 Å². The van der Waals surface area contributed by atoms with Crippen molar-refractivity contribution >= 4 is 21.9 Å². The van der Waals surface area contributed by atoms with Gasteiger partial charge in [0.2, 0.25) is 0 Å². The lowest BCUT2D eigenvalue weighted by molar-refractivity contribution is -0.145. The van der Waals surface area contributed by atoms with Crippen molar-refractivity contribution in [3.63, 3.8) is 0 Å². The Kier molecular flexibility index (Phi) is 4.61. The van der Waals surface area contributed by atoms with Crippen molar-refractivity contribution in [1.29, 1.82) is 0 Å². The molecule has 29 heavy (non-hydrogen) atoms. The Morgan fingerprint density at radius 2 is 1.59 bits per heavy atom. The fourth-order valence-electron chi connectivity index (χ4n) is 4.07. The second kappa shape index (κ2) is 6.88. The van der Waals surface area contributed by atoms with E-state index in [0.717, 1.165) is 22.3 Å². The van der Waals surface area contributed by atoms with Crippen LogP contribution in [0.25, 0.3) is 11.1 Å². The van der Waals surface area contributed by atoms with Crippen molar-refractivity contribution in [2.45, 2.75) is 18.4 Å². The lowest BCUT2D eigenvalue weighted by atomic mass is 9.88. The van der Waals surface area contributed by atoms with Gasteiger partial charge >= 0.3 is 12.1 Å². The molecule has 1 heterocycles. The Labute approximate surface area is 168 Å². The minimum absolute atomic E-state index is 0.0541. The van der Waals surface area contributed by atoms with E-state index >= 15 is 0 Å². The third-order valence-corrected chi connectivity index (χ3v) is 7.70. The molecule has 1 atom stereocenters. The Hall–Kier alpha value is -2.87. The average Bonchev–Trinajstić information content (AvgIpc) is 2.98. The number of sulfone groups is 1. The van der Waals surface area contributed by atoms with Crippen LogP contribution in [0.3, 0.4) is 0 Å². The molecule has 0 spiro atoms. The van der Waals surface area contributed by atoms with Crippen LogP contribution < -0.4 is 5.32 Å². The van der Waals surface area contributed by atoms with E-state index < -0.39 is 33.4 Å². The SMILES string of the molecule is CC(NC(=O)OCC1c2ccccc2-c2ccccc21)(C(=O)O)C1CS(=O)(=O)C1. The third-order valence-electron chi connectivity index (χ3n) is 5.88. The molecule has 2 aromatic carbocycles. The van der Waals surface area contributed by atoms with Gasteiger partial charge in [-0.2, -0.15) is 0 Å². The van der Waals surface area contributed by atoms with Crippen LogP contribution in [0.1, 0.15) is 24.0 Å². The van der Waals surface area contributed by atoms with Crippen LogP contribution in [0.2, 0.25) is 0 Å². The minimum Gasteiger partial charge on any atom is -0.480 e. The van der Waals surface area contributed by atoms with Crippen LogP contribution in [0, 0.1) is 5.92 Å². The highest BCUT2D eigenvalue weighted by atomic mass is 32.2. The minimum atomic E-state index is -3.23. The summed E-state index contributed by atoms with van der Waals surface area (Å²) in [5.41, 5.74) is 2.58. The molecule has 0 radical (unpaired) electrons. The maximum absolute atomic E-state index is 12.4. The summed E-state index contributed by atoms with van der Waals surface area (Å²) < 4.78 is 28.3. The topological polar surface area (TPSA) is 110 Å². The molecule has 1 aliphatic heterocycles. The number of benzene rings is 2. The van der Waals surface area contributed by atoms with E-state index in [2.05, 4.69) is 5.32 Å². The number of carboxylic acid groups (broad SMARTS) is 1. The first-order valence-corrected chi connectivity index (χ1v) is 11.1. The molecule has 1 saturated heterocycles. The van der Waals surface area contributed by atoms with E-state index in [1.807, 2.05) is 48.5 Å². The highest BCUT2D eigenvalue weighted by molar-refractivity contribution is 7.92. The van der Waals surface area contributed by atoms with Crippen LogP contribution in [-0.2, 0) is 19.4 Å². The second-order valence-electron chi connectivity index (χ2n) is 7.73. The Morgan fingerprint density at radius 3 is 2.07 bits per heavy atom. The molecular weight excluding hydrogens is 394 g/mol. The Balaban J connectivity index is 1.48. The molecule has 1 amide bonds. The van der Waals surface area contributed by atoms with Crippen molar-refractivity contribution < 1.29 is 27.9 Å². The number of ether oxygens (including phenoxy) is 1. The molecule has 2 aliphatic rings. The van der Waals surface area contributed by atoms with Crippen LogP contribution in [-0.4, -0.2) is 49.2 Å². The largest absolute Gasteiger partial charge is 0.480 e. The van der Waals surface area contributed by atoms with E-state index in [9.17, 15) is 23.1 Å². The molecule has 1 aliphatic carbocycles. The Bertz CT molecular complexity index is 1040. The molecule has 0 saturated carbocycles. The number of rotatable bonds is 5. The van der Waals surface area contributed by atoms with Gasteiger partial charge in [-0.05, 0) is 29.2 Å². The molecule has 2 N–H and O–H groups in total. The molecule has 152 valence electrons. The summed E-state index contributed by atoms with van der Waals surface area (Å²) in [6.07, 6.45) is -0.874. The van der Waals surface area contributed by atoms with Crippen LogP contribution in [0.4, 0.5) is 4.79 Å². The normalized spacial score (nSPS) is 19.3. The molecule has 0 aromatic heterocycles. The van der Waals surface area contributed by atoms with Gasteiger partial charge in [-0.1, -0.05) is 48.5 Å². The first-order valence-electron chi connectivity index (χ1n) is 9.28. The second-order valence-corrected chi connectivity index (χ2v) is 9.89. The monoisotopic (exact) mass is 415 g/mol. The van der Waals surface area contributed by atoms with E-state index in [4.69, 9.17) is 4.74 Å². The zero-order chi connectivity index (χ0) is 20.8. The number of fused-ring (bicyclic) bond motifs is 3. The summed E-state index contributed by atoms with van der Waals surface area (Å²) in [5, 5.41) is 11.9. The van der Waals surface area contributed by atoms with Gasteiger partial charge in [0.05, 0.1) is 11.5 Å². The van der Waals surface area contributed by atoms with Crippen LogP contribution in [0.5, 0.6) is 0 Å². The summed E-state index contributed by atoms with van der Waals surface area (Å²) in [6.45, 7) is 1.37. The van der Waals surface area contributed by atoms with E-state index in [0.29, 0.717) is 0 Å². The number of hydrogen-bond acceptors (Lipinski definition) is 5. The molecule has 1 unspecified atom stereocenters. The predicted octanol–water partition coefficient (Wildman–Crippen LogP) is 2.41. The van der Waals surface area contributed by atoms with Crippen LogP contribution in [0.15, 0.2) is 48.5 Å². The van der Waals surface area contributed by atoms with Gasteiger partial charge < -0.3 is 15.2 Å². The summed E-state index contributed by atoms with van der Waals surface area (Å²) >= 11 is 0. The molecule has 8 heteroatoms. The number of hydrogen-bond donors (Lipinski definition) is 2. The lowest BCUT2D eigenvalue weighted by Crippen LogP contribution is -2.64. The number of aliphatic carboxylic acids is 1. The summed E-state index contributed by atoms with van der Waals surface area (Å²) in [7, 11) is -3.23. The van der Waals surface area contributed by atoms with Gasteiger partial charge in [0.1, 0.15) is 12.1 Å². The zero-order valence-electron chi connectivity index (χ0n) is 15.8.